The van der Waals surface area contributed by atoms with E-state index < -0.39 is 47.5 Å². The van der Waals surface area contributed by atoms with Crippen LogP contribution in [0, 0.1) is 10.8 Å². The lowest BCUT2D eigenvalue weighted by molar-refractivity contribution is -0.172. The Morgan fingerprint density at radius 3 is 1.77 bits per heavy atom. The fourth-order valence-electron chi connectivity index (χ4n) is 7.18. The average molecular weight is 737 g/mol. The molecule has 0 amide bonds. The molecule has 0 saturated heterocycles. The first-order valence-electron chi connectivity index (χ1n) is 20.7. The number of esters is 2. The third-order valence-corrected chi connectivity index (χ3v) is 10.9. The van der Waals surface area contributed by atoms with E-state index in [9.17, 15) is 30.0 Å². The Kier molecular flexibility index (Phi) is 20.7. The minimum Gasteiger partial charge on any atom is -0.511 e. The number of allylic oxidation sites excluding steroid dienone is 4. The molecule has 296 valence electrons. The van der Waals surface area contributed by atoms with Gasteiger partial charge in [-0.05, 0) is 61.8 Å². The van der Waals surface area contributed by atoms with Crippen molar-refractivity contribution >= 4 is 18.0 Å². The molecule has 1 unspecified atom stereocenters. The van der Waals surface area contributed by atoms with Gasteiger partial charge in [0.1, 0.15) is 23.0 Å². The van der Waals surface area contributed by atoms with Crippen LogP contribution in [0.3, 0.4) is 0 Å². The van der Waals surface area contributed by atoms with Crippen LogP contribution in [0.1, 0.15) is 154 Å². The molecule has 8 heteroatoms. The van der Waals surface area contributed by atoms with Crippen LogP contribution >= 0.6 is 0 Å². The summed E-state index contributed by atoms with van der Waals surface area (Å²) in [4.78, 5) is 27.3. The largest absolute Gasteiger partial charge is 0.511 e. The summed E-state index contributed by atoms with van der Waals surface area (Å²) in [7, 11) is 0. The fourth-order valence-corrected chi connectivity index (χ4v) is 7.18. The summed E-state index contributed by atoms with van der Waals surface area (Å²) >= 11 is 0. The van der Waals surface area contributed by atoms with Gasteiger partial charge in [0, 0.05) is 0 Å². The average Bonchev–Trinajstić information content (AvgIpc) is 3.17. The molecule has 0 aliphatic heterocycles. The standard InChI is InChI=1S/C45H68O8/c1-2-3-4-5-6-7-8-9-10-11-12-13-14-15-16-23-32-52-42(50)44(43(51)53-39-26-21-18-22-27-39)30-28-38(29-31-44)34-41(49)45(35-46,36-47)40(48)33-37-24-19-17-20-25-37/h17,19-20,24-25,28-30,33-34,39,46-49H,2-16,18,21-23,26-27,31-32,35-36H2,1H3. The van der Waals surface area contributed by atoms with E-state index in [4.69, 9.17) is 9.47 Å². The van der Waals surface area contributed by atoms with Gasteiger partial charge in [0.05, 0.1) is 19.8 Å². The molecular weight excluding hydrogens is 668 g/mol. The van der Waals surface area contributed by atoms with Crippen molar-refractivity contribution < 1.29 is 39.5 Å². The number of aliphatic hydroxyl groups is 4. The molecule has 1 fully saturated rings. The number of hydrogen-bond acceptors (Lipinski definition) is 8. The zero-order valence-electron chi connectivity index (χ0n) is 32.5. The number of rotatable bonds is 26. The minimum absolute atomic E-state index is 0.0386. The van der Waals surface area contributed by atoms with Crippen molar-refractivity contribution in [1.29, 1.82) is 0 Å². The summed E-state index contributed by atoms with van der Waals surface area (Å²) in [5, 5.41) is 42.5. The third kappa shape index (κ3) is 14.4. The van der Waals surface area contributed by atoms with Crippen molar-refractivity contribution in [3.63, 3.8) is 0 Å². The van der Waals surface area contributed by atoms with Gasteiger partial charge in [-0.15, -0.1) is 0 Å². The lowest BCUT2D eigenvalue weighted by Gasteiger charge is -2.31. The summed E-state index contributed by atoms with van der Waals surface area (Å²) in [5.41, 5.74) is -2.45. The van der Waals surface area contributed by atoms with Crippen molar-refractivity contribution in [2.45, 2.75) is 154 Å². The van der Waals surface area contributed by atoms with Crippen LogP contribution in [0.5, 0.6) is 0 Å². The van der Waals surface area contributed by atoms with E-state index in [1.54, 1.807) is 30.3 Å². The first-order chi connectivity index (χ1) is 25.8. The van der Waals surface area contributed by atoms with Crippen molar-refractivity contribution in [2.24, 2.45) is 10.8 Å². The second-order valence-electron chi connectivity index (χ2n) is 15.2. The molecule has 1 aromatic carbocycles. The van der Waals surface area contributed by atoms with Crippen LogP contribution in [-0.2, 0) is 19.1 Å². The van der Waals surface area contributed by atoms with Gasteiger partial charge in [-0.2, -0.15) is 0 Å². The molecule has 3 rings (SSSR count). The molecule has 1 atom stereocenters. The second-order valence-corrected chi connectivity index (χ2v) is 15.2. The highest BCUT2D eigenvalue weighted by Gasteiger charge is 2.48. The predicted octanol–water partition coefficient (Wildman–Crippen LogP) is 10.6. The Balaban J connectivity index is 1.51. The van der Waals surface area contributed by atoms with Gasteiger partial charge in [0.25, 0.3) is 0 Å². The zero-order valence-corrected chi connectivity index (χ0v) is 32.5. The number of unbranched alkanes of at least 4 members (excludes halogenated alkanes) is 15. The predicted molar refractivity (Wildman–Crippen MR) is 212 cm³/mol. The van der Waals surface area contributed by atoms with Gasteiger partial charge in [-0.3, -0.25) is 9.59 Å². The Bertz CT molecular complexity index is 1320. The van der Waals surface area contributed by atoms with Gasteiger partial charge in [-0.1, -0.05) is 158 Å². The van der Waals surface area contributed by atoms with E-state index >= 15 is 0 Å². The number of benzene rings is 1. The molecule has 1 saturated carbocycles. The molecule has 53 heavy (non-hydrogen) atoms. The Labute approximate surface area is 319 Å². The highest BCUT2D eigenvalue weighted by Crippen LogP contribution is 2.38. The normalized spacial score (nSPS) is 18.5. The van der Waals surface area contributed by atoms with Crippen LogP contribution in [0.4, 0.5) is 0 Å². The molecule has 0 heterocycles. The van der Waals surface area contributed by atoms with Gasteiger partial charge < -0.3 is 29.9 Å². The number of hydrogen-bond donors (Lipinski definition) is 4. The molecule has 8 nitrogen and oxygen atoms in total. The highest BCUT2D eigenvalue weighted by atomic mass is 16.6. The summed E-state index contributed by atoms with van der Waals surface area (Å²) in [5.74, 6) is -2.16. The van der Waals surface area contributed by atoms with Crippen molar-refractivity contribution in [3.05, 3.63) is 77.3 Å². The van der Waals surface area contributed by atoms with Gasteiger partial charge in [-0.25, -0.2) is 0 Å². The monoisotopic (exact) mass is 736 g/mol. The van der Waals surface area contributed by atoms with Crippen molar-refractivity contribution in [1.82, 2.24) is 0 Å². The Morgan fingerprint density at radius 1 is 0.736 bits per heavy atom. The highest BCUT2D eigenvalue weighted by molar-refractivity contribution is 6.03. The summed E-state index contributed by atoms with van der Waals surface area (Å²) in [6.45, 7) is 0.962. The summed E-state index contributed by atoms with van der Waals surface area (Å²) < 4.78 is 11.6. The molecule has 0 radical (unpaired) electrons. The number of carbonyl (C=O) groups excluding carboxylic acids is 2. The maximum absolute atomic E-state index is 13.7. The first-order valence-corrected chi connectivity index (χ1v) is 20.7. The quantitative estimate of drug-likeness (QED) is 0.0320. The second kappa shape index (κ2) is 24.9. The smallest absolute Gasteiger partial charge is 0.328 e. The molecule has 1 aromatic rings. The summed E-state index contributed by atoms with van der Waals surface area (Å²) in [6, 6.07) is 8.87. The van der Waals surface area contributed by atoms with E-state index in [1.165, 1.54) is 108 Å². The van der Waals surface area contributed by atoms with Gasteiger partial charge >= 0.3 is 11.9 Å². The molecule has 0 aromatic heterocycles. The molecule has 2 aliphatic carbocycles. The molecule has 4 N–H and O–H groups in total. The van der Waals surface area contributed by atoms with Crippen LogP contribution in [0.2, 0.25) is 0 Å². The van der Waals surface area contributed by atoms with E-state index in [1.807, 2.05) is 6.07 Å². The topological polar surface area (TPSA) is 134 Å². The maximum atomic E-state index is 13.7. The minimum atomic E-state index is -1.86. The SMILES string of the molecule is CCCCCCCCCCCCCCCCCCOC(=O)C1(C(=O)OC2CCCCC2)C=CC(C=C(O)C(CO)(CO)C(O)=Cc2ccccc2)=CC1. The van der Waals surface area contributed by atoms with Crippen LogP contribution in [-0.4, -0.2) is 58.3 Å². The van der Waals surface area contributed by atoms with E-state index in [-0.39, 0.29) is 19.1 Å². The lowest BCUT2D eigenvalue weighted by Crippen LogP contribution is -2.43. The number of carbonyl (C=O) groups is 2. The molecule has 0 bridgehead atoms. The molecule has 2 aliphatic rings. The number of ether oxygens (including phenoxy) is 2. The Morgan fingerprint density at radius 2 is 1.26 bits per heavy atom. The van der Waals surface area contributed by atoms with E-state index in [2.05, 4.69) is 6.92 Å². The first kappa shape index (κ1) is 44.0. The van der Waals surface area contributed by atoms with Gasteiger partial charge in [0.15, 0.2) is 5.41 Å². The molecular formula is C45H68O8. The fraction of sp³-hybridized carbons (Fsp3) is 0.644. The van der Waals surface area contributed by atoms with Crippen LogP contribution in [0.25, 0.3) is 6.08 Å². The molecule has 0 spiro atoms. The van der Waals surface area contributed by atoms with Crippen molar-refractivity contribution in [2.75, 3.05) is 19.8 Å². The maximum Gasteiger partial charge on any atom is 0.328 e. The lowest BCUT2D eigenvalue weighted by atomic mass is 9.78. The zero-order chi connectivity index (χ0) is 38.2. The third-order valence-electron chi connectivity index (χ3n) is 10.9. The van der Waals surface area contributed by atoms with Crippen LogP contribution in [0.15, 0.2) is 71.7 Å². The Hall–Kier alpha value is -3.36. The van der Waals surface area contributed by atoms with E-state index in [0.29, 0.717) is 11.1 Å². The van der Waals surface area contributed by atoms with E-state index in [0.717, 1.165) is 51.4 Å². The van der Waals surface area contributed by atoms with Crippen LogP contribution < -0.4 is 0 Å². The van der Waals surface area contributed by atoms with Crippen molar-refractivity contribution in [3.8, 4) is 0 Å². The number of aliphatic hydroxyl groups excluding tert-OH is 4. The van der Waals surface area contributed by atoms with Gasteiger partial charge in [0.2, 0.25) is 0 Å². The summed E-state index contributed by atoms with van der Waals surface area (Å²) in [6.07, 6.45) is 31.7.